The summed E-state index contributed by atoms with van der Waals surface area (Å²) in [4.78, 5) is 29.2. The molecule has 0 spiro atoms. The van der Waals surface area contributed by atoms with Crippen molar-refractivity contribution in [2.24, 2.45) is 0 Å². The van der Waals surface area contributed by atoms with Gasteiger partial charge in [-0.05, 0) is 32.0 Å². The molecule has 1 aromatic heterocycles. The minimum atomic E-state index is -0.644. The number of hydrogen-bond donors (Lipinski definition) is 1. The van der Waals surface area contributed by atoms with Crippen LogP contribution in [-0.2, 0) is 9.59 Å². The van der Waals surface area contributed by atoms with Crippen LogP contribution in [0.5, 0.6) is 0 Å². The van der Waals surface area contributed by atoms with Gasteiger partial charge in [0.2, 0.25) is 0 Å². The Bertz CT molecular complexity index is 635. The van der Waals surface area contributed by atoms with E-state index in [0.29, 0.717) is 5.69 Å². The highest BCUT2D eigenvalue weighted by molar-refractivity contribution is 6.39. The molecule has 2 aromatic rings. The van der Waals surface area contributed by atoms with E-state index in [1.807, 2.05) is 30.5 Å². The lowest BCUT2D eigenvalue weighted by Gasteiger charge is -2.20. The summed E-state index contributed by atoms with van der Waals surface area (Å²) in [5.41, 5.74) is 1.42. The molecule has 21 heavy (non-hydrogen) atoms. The van der Waals surface area contributed by atoms with Gasteiger partial charge in [-0.2, -0.15) is 0 Å². The van der Waals surface area contributed by atoms with Gasteiger partial charge in [-0.3, -0.25) is 9.59 Å². The lowest BCUT2D eigenvalue weighted by molar-refractivity contribution is -0.143. The summed E-state index contributed by atoms with van der Waals surface area (Å²) >= 11 is 0. The third kappa shape index (κ3) is 3.47. The first-order valence-electron chi connectivity index (χ1n) is 6.65. The first-order chi connectivity index (χ1) is 9.99. The zero-order valence-corrected chi connectivity index (χ0v) is 12.3. The monoisotopic (exact) mass is 286 g/mol. The largest absolute Gasteiger partial charge is 0.335 e. The zero-order valence-electron chi connectivity index (χ0n) is 12.3. The van der Waals surface area contributed by atoms with Gasteiger partial charge in [-0.1, -0.05) is 6.07 Å². The van der Waals surface area contributed by atoms with Crippen LogP contribution in [0, 0.1) is 0 Å². The molecule has 1 aromatic carbocycles. The Kier molecular flexibility index (Phi) is 4.37. The Morgan fingerprint density at radius 2 is 2.10 bits per heavy atom. The number of anilines is 1. The molecule has 0 radical (unpaired) electrons. The molecule has 0 saturated heterocycles. The fourth-order valence-corrected chi connectivity index (χ4v) is 1.74. The van der Waals surface area contributed by atoms with Gasteiger partial charge in [0.05, 0.1) is 6.33 Å². The van der Waals surface area contributed by atoms with Crippen molar-refractivity contribution < 1.29 is 9.59 Å². The molecule has 0 unspecified atom stereocenters. The van der Waals surface area contributed by atoms with E-state index in [2.05, 4.69) is 10.3 Å². The van der Waals surface area contributed by atoms with Crippen molar-refractivity contribution in [3.8, 4) is 5.69 Å². The topological polar surface area (TPSA) is 67.2 Å². The smallest absolute Gasteiger partial charge is 0.313 e. The highest BCUT2D eigenvalue weighted by atomic mass is 16.2. The molecule has 110 valence electrons. The SMILES string of the molecule is CC(C)N(C)C(=O)C(=O)Nc1cccc(-n2ccnc2)c1. The minimum absolute atomic E-state index is 0.0273. The van der Waals surface area contributed by atoms with Gasteiger partial charge in [-0.15, -0.1) is 0 Å². The number of hydrogen-bond acceptors (Lipinski definition) is 3. The summed E-state index contributed by atoms with van der Waals surface area (Å²) in [5.74, 6) is -1.20. The van der Waals surface area contributed by atoms with Crippen molar-refractivity contribution in [2.75, 3.05) is 12.4 Å². The lowest BCUT2D eigenvalue weighted by Crippen LogP contribution is -2.40. The van der Waals surface area contributed by atoms with E-state index in [0.717, 1.165) is 5.69 Å². The van der Waals surface area contributed by atoms with Crippen LogP contribution in [0.4, 0.5) is 5.69 Å². The van der Waals surface area contributed by atoms with E-state index in [1.54, 1.807) is 37.9 Å². The van der Waals surface area contributed by atoms with E-state index in [4.69, 9.17) is 0 Å². The minimum Gasteiger partial charge on any atom is -0.335 e. The van der Waals surface area contributed by atoms with E-state index in [9.17, 15) is 9.59 Å². The Morgan fingerprint density at radius 1 is 1.33 bits per heavy atom. The second kappa shape index (κ2) is 6.21. The van der Waals surface area contributed by atoms with Crippen LogP contribution in [0.2, 0.25) is 0 Å². The highest BCUT2D eigenvalue weighted by Crippen LogP contribution is 2.14. The summed E-state index contributed by atoms with van der Waals surface area (Å²) in [6.07, 6.45) is 5.14. The van der Waals surface area contributed by atoms with Gasteiger partial charge in [0, 0.05) is 36.9 Å². The third-order valence-electron chi connectivity index (χ3n) is 3.20. The molecule has 0 bridgehead atoms. The Balaban J connectivity index is 2.12. The number of imidazole rings is 1. The molecule has 0 aliphatic heterocycles. The van der Waals surface area contributed by atoms with E-state index in [-0.39, 0.29) is 6.04 Å². The molecule has 0 aliphatic rings. The van der Waals surface area contributed by atoms with Crippen molar-refractivity contribution in [3.05, 3.63) is 43.0 Å². The van der Waals surface area contributed by atoms with Crippen molar-refractivity contribution in [3.63, 3.8) is 0 Å². The predicted octanol–water partition coefficient (Wildman–Crippen LogP) is 1.68. The molecular weight excluding hydrogens is 268 g/mol. The fraction of sp³-hybridized carbons (Fsp3) is 0.267. The van der Waals surface area contributed by atoms with Gasteiger partial charge >= 0.3 is 11.8 Å². The van der Waals surface area contributed by atoms with E-state index >= 15 is 0 Å². The van der Waals surface area contributed by atoms with Crippen LogP contribution in [0.1, 0.15) is 13.8 Å². The number of nitrogens with one attached hydrogen (secondary N) is 1. The summed E-state index contributed by atoms with van der Waals surface area (Å²) < 4.78 is 1.82. The number of likely N-dealkylation sites (N-methyl/N-ethyl adjacent to an activating group) is 1. The van der Waals surface area contributed by atoms with Crippen LogP contribution >= 0.6 is 0 Å². The molecule has 2 amide bonds. The lowest BCUT2D eigenvalue weighted by atomic mass is 10.2. The van der Waals surface area contributed by atoms with Gasteiger partial charge in [0.15, 0.2) is 0 Å². The Morgan fingerprint density at radius 3 is 2.71 bits per heavy atom. The Hall–Kier alpha value is -2.63. The van der Waals surface area contributed by atoms with Gasteiger partial charge < -0.3 is 14.8 Å². The molecule has 1 N–H and O–H groups in total. The fourth-order valence-electron chi connectivity index (χ4n) is 1.74. The van der Waals surface area contributed by atoms with Gasteiger partial charge in [-0.25, -0.2) is 4.98 Å². The number of benzene rings is 1. The molecule has 6 heteroatoms. The van der Waals surface area contributed by atoms with Crippen LogP contribution in [0.3, 0.4) is 0 Å². The van der Waals surface area contributed by atoms with Crippen LogP contribution in [-0.4, -0.2) is 39.4 Å². The maximum Gasteiger partial charge on any atom is 0.313 e. The molecule has 6 nitrogen and oxygen atoms in total. The zero-order chi connectivity index (χ0) is 15.4. The number of amides is 2. The number of nitrogens with zero attached hydrogens (tertiary/aromatic N) is 3. The molecular formula is C15H18N4O2. The quantitative estimate of drug-likeness (QED) is 0.873. The molecule has 1 heterocycles. The molecule has 2 rings (SSSR count). The number of carbonyl (C=O) groups is 2. The summed E-state index contributed by atoms with van der Waals surface area (Å²) in [5, 5.41) is 2.62. The van der Waals surface area contributed by atoms with Gasteiger partial charge in [0.25, 0.3) is 0 Å². The number of carbonyl (C=O) groups excluding carboxylic acids is 2. The van der Waals surface area contributed by atoms with Gasteiger partial charge in [0.1, 0.15) is 0 Å². The van der Waals surface area contributed by atoms with Crippen LogP contribution in [0.15, 0.2) is 43.0 Å². The van der Waals surface area contributed by atoms with Crippen LogP contribution < -0.4 is 5.32 Å². The van der Waals surface area contributed by atoms with Crippen molar-refractivity contribution >= 4 is 17.5 Å². The first kappa shape index (κ1) is 14.8. The number of aromatic nitrogens is 2. The second-order valence-corrected chi connectivity index (χ2v) is 4.98. The summed E-state index contributed by atoms with van der Waals surface area (Å²) in [7, 11) is 1.61. The number of rotatable bonds is 3. The third-order valence-corrected chi connectivity index (χ3v) is 3.20. The second-order valence-electron chi connectivity index (χ2n) is 4.98. The highest BCUT2D eigenvalue weighted by Gasteiger charge is 2.20. The first-order valence-corrected chi connectivity index (χ1v) is 6.65. The van der Waals surface area contributed by atoms with Crippen molar-refractivity contribution in [1.82, 2.24) is 14.5 Å². The standard InChI is InChI=1S/C15H18N4O2/c1-11(2)18(3)15(21)14(20)17-12-5-4-6-13(9-12)19-8-7-16-10-19/h4-11H,1-3H3,(H,17,20). The van der Waals surface area contributed by atoms with Crippen molar-refractivity contribution in [1.29, 1.82) is 0 Å². The average Bonchev–Trinajstić information content (AvgIpc) is 3.00. The molecule has 0 fully saturated rings. The summed E-state index contributed by atoms with van der Waals surface area (Å²) in [6.45, 7) is 3.70. The molecule has 0 saturated carbocycles. The summed E-state index contributed by atoms with van der Waals surface area (Å²) in [6, 6.07) is 7.19. The molecule has 0 atom stereocenters. The van der Waals surface area contributed by atoms with E-state index < -0.39 is 11.8 Å². The normalized spacial score (nSPS) is 10.5. The molecule has 0 aliphatic carbocycles. The average molecular weight is 286 g/mol. The van der Waals surface area contributed by atoms with Crippen molar-refractivity contribution in [2.45, 2.75) is 19.9 Å². The maximum absolute atomic E-state index is 11.9. The predicted molar refractivity (Wildman–Crippen MR) is 80.1 cm³/mol. The van der Waals surface area contributed by atoms with Crippen LogP contribution in [0.25, 0.3) is 5.69 Å². The Labute approximate surface area is 123 Å². The van der Waals surface area contributed by atoms with E-state index in [1.165, 1.54) is 4.90 Å². The maximum atomic E-state index is 11.9.